The first-order chi connectivity index (χ1) is 5.15. The molecule has 11 heavy (non-hydrogen) atoms. The Morgan fingerprint density at radius 2 is 2.09 bits per heavy atom. The highest BCUT2D eigenvalue weighted by atomic mass is 32.2. The van der Waals surface area contributed by atoms with Crippen LogP contribution in [0.4, 0.5) is 0 Å². The van der Waals surface area contributed by atoms with Crippen LogP contribution < -0.4 is 0 Å². The maximum absolute atomic E-state index is 4.34. The average molecular weight is 171 g/mol. The van der Waals surface area contributed by atoms with E-state index in [1.165, 1.54) is 0 Å². The van der Waals surface area contributed by atoms with Gasteiger partial charge in [-0.3, -0.25) is 0 Å². The third-order valence-corrected chi connectivity index (χ3v) is 2.16. The normalized spacial score (nSPS) is 11.0. The van der Waals surface area contributed by atoms with Crippen LogP contribution in [0.5, 0.6) is 0 Å². The van der Waals surface area contributed by atoms with E-state index < -0.39 is 0 Å². The van der Waals surface area contributed by atoms with Gasteiger partial charge < -0.3 is 0 Å². The van der Waals surface area contributed by atoms with Gasteiger partial charge in [0.05, 0.1) is 0 Å². The second-order valence-corrected chi connectivity index (χ2v) is 3.51. The fourth-order valence-corrected chi connectivity index (χ4v) is 1.30. The maximum atomic E-state index is 4.34. The van der Waals surface area contributed by atoms with Crippen molar-refractivity contribution in [1.29, 1.82) is 0 Å². The van der Waals surface area contributed by atoms with E-state index in [1.807, 2.05) is 18.0 Å². The van der Waals surface area contributed by atoms with Crippen molar-refractivity contribution in [3.8, 4) is 0 Å². The summed E-state index contributed by atoms with van der Waals surface area (Å²) in [6.45, 7) is 4.19. The van der Waals surface area contributed by atoms with Crippen LogP contribution in [0.3, 0.4) is 0 Å². The molecule has 0 saturated carbocycles. The largest absolute Gasteiger partial charge is 0.244 e. The lowest BCUT2D eigenvalue weighted by molar-refractivity contribution is 0.669. The van der Waals surface area contributed by atoms with E-state index in [0.29, 0.717) is 5.92 Å². The zero-order valence-electron chi connectivity index (χ0n) is 7.33. The Morgan fingerprint density at radius 1 is 1.45 bits per heavy atom. The summed E-state index contributed by atoms with van der Waals surface area (Å²) in [5.74, 6) is 1.35. The van der Waals surface area contributed by atoms with Crippen LogP contribution in [0.2, 0.25) is 0 Å². The average Bonchev–Trinajstić information content (AvgIpc) is 2.31. The van der Waals surface area contributed by atoms with Crippen LogP contribution in [0.25, 0.3) is 0 Å². The van der Waals surface area contributed by atoms with Crippen molar-refractivity contribution in [3.63, 3.8) is 0 Å². The second kappa shape index (κ2) is 3.26. The predicted molar refractivity (Wildman–Crippen MR) is 46.9 cm³/mol. The van der Waals surface area contributed by atoms with Gasteiger partial charge >= 0.3 is 0 Å². The summed E-state index contributed by atoms with van der Waals surface area (Å²) in [7, 11) is 1.92. The number of rotatable bonds is 2. The minimum absolute atomic E-state index is 0.419. The summed E-state index contributed by atoms with van der Waals surface area (Å²) in [4.78, 5) is 4.34. The van der Waals surface area contributed by atoms with Crippen LogP contribution >= 0.6 is 11.8 Å². The lowest BCUT2D eigenvalue weighted by Gasteiger charge is -1.93. The number of nitrogens with zero attached hydrogens (tertiary/aromatic N) is 3. The van der Waals surface area contributed by atoms with Crippen molar-refractivity contribution < 1.29 is 0 Å². The first-order valence-electron chi connectivity index (χ1n) is 3.60. The molecule has 0 aliphatic carbocycles. The van der Waals surface area contributed by atoms with E-state index in [9.17, 15) is 0 Å². The zero-order chi connectivity index (χ0) is 8.43. The molecular weight excluding hydrogens is 158 g/mol. The Kier molecular flexibility index (Phi) is 2.54. The lowest BCUT2D eigenvalue weighted by atomic mass is 10.2. The maximum Gasteiger partial charge on any atom is 0.185 e. The van der Waals surface area contributed by atoms with E-state index in [2.05, 4.69) is 23.9 Å². The van der Waals surface area contributed by atoms with Crippen molar-refractivity contribution in [2.45, 2.75) is 24.9 Å². The minimum atomic E-state index is 0.419. The molecule has 0 N–H and O–H groups in total. The molecule has 62 valence electrons. The summed E-state index contributed by atoms with van der Waals surface area (Å²) in [6, 6.07) is 0. The molecule has 0 radical (unpaired) electrons. The highest BCUT2D eigenvalue weighted by molar-refractivity contribution is 7.98. The standard InChI is InChI=1S/C7H13N3S/c1-5(2)6-8-7(11-4)10(3)9-6/h5H,1-4H3. The number of aromatic nitrogens is 3. The van der Waals surface area contributed by atoms with Gasteiger partial charge in [0.2, 0.25) is 0 Å². The number of aryl methyl sites for hydroxylation is 1. The van der Waals surface area contributed by atoms with E-state index in [1.54, 1.807) is 11.8 Å². The molecule has 0 aliphatic rings. The van der Waals surface area contributed by atoms with Crippen LogP contribution in [0.1, 0.15) is 25.6 Å². The molecule has 0 bridgehead atoms. The molecule has 0 spiro atoms. The summed E-state index contributed by atoms with van der Waals surface area (Å²) >= 11 is 1.62. The molecule has 0 amide bonds. The quantitative estimate of drug-likeness (QED) is 0.634. The molecular formula is C7H13N3S. The van der Waals surface area contributed by atoms with Gasteiger partial charge in [-0.25, -0.2) is 9.67 Å². The van der Waals surface area contributed by atoms with Crippen molar-refractivity contribution in [1.82, 2.24) is 14.8 Å². The highest BCUT2D eigenvalue weighted by Gasteiger charge is 2.08. The molecule has 0 fully saturated rings. The lowest BCUT2D eigenvalue weighted by Crippen LogP contribution is -1.94. The third-order valence-electron chi connectivity index (χ3n) is 1.44. The van der Waals surface area contributed by atoms with Crippen LogP contribution in [-0.2, 0) is 7.05 Å². The molecule has 3 nitrogen and oxygen atoms in total. The fourth-order valence-electron chi connectivity index (χ4n) is 0.811. The molecule has 1 aromatic heterocycles. The monoisotopic (exact) mass is 171 g/mol. The van der Waals surface area contributed by atoms with Gasteiger partial charge in [0.1, 0.15) is 0 Å². The summed E-state index contributed by atoms with van der Waals surface area (Å²) in [5, 5.41) is 5.25. The van der Waals surface area contributed by atoms with E-state index in [0.717, 1.165) is 11.0 Å². The molecule has 1 rings (SSSR count). The first kappa shape index (κ1) is 8.59. The van der Waals surface area contributed by atoms with Gasteiger partial charge in [0.15, 0.2) is 11.0 Å². The van der Waals surface area contributed by atoms with Crippen molar-refractivity contribution in [2.75, 3.05) is 6.26 Å². The summed E-state index contributed by atoms with van der Waals surface area (Å²) < 4.78 is 1.82. The first-order valence-corrected chi connectivity index (χ1v) is 4.82. The Morgan fingerprint density at radius 3 is 2.36 bits per heavy atom. The summed E-state index contributed by atoms with van der Waals surface area (Å²) in [5.41, 5.74) is 0. The molecule has 4 heteroatoms. The Bertz CT molecular complexity index is 242. The highest BCUT2D eigenvalue weighted by Crippen LogP contribution is 2.15. The molecule has 0 aliphatic heterocycles. The van der Waals surface area contributed by atoms with Crippen LogP contribution in [-0.4, -0.2) is 21.0 Å². The van der Waals surface area contributed by atoms with Crippen molar-refractivity contribution in [2.24, 2.45) is 7.05 Å². The molecule has 0 atom stereocenters. The van der Waals surface area contributed by atoms with Gasteiger partial charge in [-0.2, -0.15) is 5.10 Å². The fraction of sp³-hybridized carbons (Fsp3) is 0.714. The van der Waals surface area contributed by atoms with Gasteiger partial charge in [0, 0.05) is 13.0 Å². The van der Waals surface area contributed by atoms with E-state index in [4.69, 9.17) is 0 Å². The molecule has 0 unspecified atom stereocenters. The second-order valence-electron chi connectivity index (χ2n) is 2.74. The van der Waals surface area contributed by atoms with Gasteiger partial charge in [-0.1, -0.05) is 25.6 Å². The number of thioether (sulfide) groups is 1. The Hall–Kier alpha value is -0.510. The van der Waals surface area contributed by atoms with Crippen molar-refractivity contribution >= 4 is 11.8 Å². The summed E-state index contributed by atoms with van der Waals surface area (Å²) in [6.07, 6.45) is 2.01. The third kappa shape index (κ3) is 1.74. The van der Waals surface area contributed by atoms with Gasteiger partial charge in [-0.15, -0.1) is 0 Å². The van der Waals surface area contributed by atoms with E-state index in [-0.39, 0.29) is 0 Å². The van der Waals surface area contributed by atoms with Gasteiger partial charge in [-0.05, 0) is 6.26 Å². The Balaban J connectivity index is 2.95. The topological polar surface area (TPSA) is 30.7 Å². The molecule has 1 aromatic rings. The van der Waals surface area contributed by atoms with Gasteiger partial charge in [0.25, 0.3) is 0 Å². The zero-order valence-corrected chi connectivity index (χ0v) is 8.14. The molecule has 0 aromatic carbocycles. The Labute approximate surface area is 71.2 Å². The minimum Gasteiger partial charge on any atom is -0.244 e. The van der Waals surface area contributed by atoms with E-state index >= 15 is 0 Å². The van der Waals surface area contributed by atoms with Crippen LogP contribution in [0.15, 0.2) is 5.16 Å². The molecule has 1 heterocycles. The predicted octanol–water partition coefficient (Wildman–Crippen LogP) is 1.66. The smallest absolute Gasteiger partial charge is 0.185 e. The SMILES string of the molecule is CSc1nc(C(C)C)nn1C. The number of hydrogen-bond donors (Lipinski definition) is 0. The number of hydrogen-bond acceptors (Lipinski definition) is 3. The van der Waals surface area contributed by atoms with Crippen molar-refractivity contribution in [3.05, 3.63) is 5.82 Å². The molecule has 0 saturated heterocycles. The van der Waals surface area contributed by atoms with Crippen LogP contribution in [0, 0.1) is 0 Å².